The number of hydrogen-bond donors (Lipinski definition) is 1. The zero-order chi connectivity index (χ0) is 9.31. The molecule has 0 aromatic carbocycles. The van der Waals surface area contributed by atoms with Gasteiger partial charge in [-0.1, -0.05) is 6.07 Å². The zero-order valence-corrected chi connectivity index (χ0v) is 8.97. The highest BCUT2D eigenvalue weighted by Crippen LogP contribution is 2.20. The first-order valence-electron chi connectivity index (χ1n) is 4.20. The van der Waals surface area contributed by atoms with Crippen molar-refractivity contribution in [2.75, 3.05) is 13.1 Å². The molecule has 0 unspecified atom stereocenters. The maximum Gasteiger partial charge on any atom is 0.214 e. The Morgan fingerprint density at radius 2 is 2.31 bits per heavy atom. The maximum atomic E-state index is 5.72. The Morgan fingerprint density at radius 3 is 2.85 bits per heavy atom. The lowest BCUT2D eigenvalue weighted by molar-refractivity contribution is 0.0303. The molecule has 0 atom stereocenters. The van der Waals surface area contributed by atoms with Crippen molar-refractivity contribution in [1.29, 1.82) is 0 Å². The number of rotatable bonds is 2. The lowest BCUT2D eigenvalue weighted by Crippen LogP contribution is -2.61. The van der Waals surface area contributed by atoms with Crippen LogP contribution in [0.25, 0.3) is 0 Å². The lowest BCUT2D eigenvalue weighted by Gasteiger charge is -2.38. The maximum absolute atomic E-state index is 5.72. The van der Waals surface area contributed by atoms with Crippen molar-refractivity contribution in [2.24, 2.45) is 0 Å². The molecule has 1 aromatic rings. The third-order valence-corrected chi connectivity index (χ3v) is 2.48. The van der Waals surface area contributed by atoms with Gasteiger partial charge in [-0.2, -0.15) is 0 Å². The van der Waals surface area contributed by atoms with Gasteiger partial charge in [0.2, 0.25) is 5.88 Å². The summed E-state index contributed by atoms with van der Waals surface area (Å²) in [5, 5.41) is 3.17. The number of aromatic nitrogens is 1. The molecule has 1 fully saturated rings. The number of nitrogens with zero attached hydrogens (tertiary/aromatic N) is 1. The largest absolute Gasteiger partial charge is 0.469 e. The van der Waals surface area contributed by atoms with Crippen LogP contribution in [-0.4, -0.2) is 23.7 Å². The minimum absolute atomic E-state index is 0.0756. The molecule has 0 radical (unpaired) electrons. The Morgan fingerprint density at radius 1 is 1.54 bits per heavy atom. The average molecular weight is 243 g/mol. The van der Waals surface area contributed by atoms with Gasteiger partial charge in [0.25, 0.3) is 0 Å². The molecule has 0 aliphatic carbocycles. The van der Waals surface area contributed by atoms with Crippen molar-refractivity contribution in [3.8, 4) is 5.88 Å². The number of halogens is 1. The number of nitrogens with one attached hydrogen (secondary N) is 1. The second kappa shape index (κ2) is 3.27. The van der Waals surface area contributed by atoms with Crippen LogP contribution in [0, 0.1) is 0 Å². The molecule has 1 aromatic heterocycles. The van der Waals surface area contributed by atoms with Crippen LogP contribution in [0.1, 0.15) is 6.92 Å². The predicted octanol–water partition coefficient (Wildman–Crippen LogP) is 1.58. The van der Waals surface area contributed by atoms with Crippen LogP contribution in [0.5, 0.6) is 5.88 Å². The monoisotopic (exact) mass is 242 g/mol. The van der Waals surface area contributed by atoms with E-state index in [9.17, 15) is 0 Å². The second-order valence-corrected chi connectivity index (χ2v) is 4.27. The first-order valence-corrected chi connectivity index (χ1v) is 5.00. The van der Waals surface area contributed by atoms with Gasteiger partial charge >= 0.3 is 0 Å². The molecule has 70 valence electrons. The number of ether oxygens (including phenoxy) is 1. The molecule has 1 aliphatic heterocycles. The van der Waals surface area contributed by atoms with Crippen LogP contribution in [0.15, 0.2) is 22.8 Å². The summed E-state index contributed by atoms with van der Waals surface area (Å²) in [5.41, 5.74) is -0.0756. The molecule has 2 heterocycles. The van der Waals surface area contributed by atoms with Crippen LogP contribution in [-0.2, 0) is 0 Å². The van der Waals surface area contributed by atoms with E-state index < -0.39 is 0 Å². The Balaban J connectivity index is 2.09. The Hall–Kier alpha value is -0.610. The molecule has 0 spiro atoms. The normalized spacial score (nSPS) is 19.2. The van der Waals surface area contributed by atoms with Crippen LogP contribution in [0.2, 0.25) is 0 Å². The smallest absolute Gasteiger partial charge is 0.214 e. The fourth-order valence-corrected chi connectivity index (χ4v) is 1.58. The first kappa shape index (κ1) is 8.97. The predicted molar refractivity (Wildman–Crippen MR) is 53.8 cm³/mol. The van der Waals surface area contributed by atoms with Gasteiger partial charge < -0.3 is 10.1 Å². The van der Waals surface area contributed by atoms with Gasteiger partial charge in [-0.25, -0.2) is 4.98 Å². The summed E-state index contributed by atoms with van der Waals surface area (Å²) in [6.07, 6.45) is 0. The highest BCUT2D eigenvalue weighted by atomic mass is 79.9. The zero-order valence-electron chi connectivity index (χ0n) is 7.38. The highest BCUT2D eigenvalue weighted by Gasteiger charge is 2.34. The van der Waals surface area contributed by atoms with E-state index in [1.165, 1.54) is 0 Å². The summed E-state index contributed by atoms with van der Waals surface area (Å²) >= 11 is 3.30. The van der Waals surface area contributed by atoms with Crippen LogP contribution < -0.4 is 10.1 Å². The molecular formula is C9H11BrN2O. The minimum atomic E-state index is -0.0756. The Bertz CT molecular complexity index is 312. The molecule has 0 saturated carbocycles. The summed E-state index contributed by atoms with van der Waals surface area (Å²) in [4.78, 5) is 4.21. The van der Waals surface area contributed by atoms with Gasteiger partial charge in [0.05, 0.1) is 0 Å². The summed E-state index contributed by atoms with van der Waals surface area (Å²) in [7, 11) is 0. The van der Waals surface area contributed by atoms with Gasteiger partial charge in [0.15, 0.2) is 0 Å². The molecule has 2 rings (SSSR count). The summed E-state index contributed by atoms with van der Waals surface area (Å²) in [5.74, 6) is 0.679. The van der Waals surface area contributed by atoms with Gasteiger partial charge in [0.1, 0.15) is 10.2 Å². The van der Waals surface area contributed by atoms with Crippen LogP contribution >= 0.6 is 15.9 Å². The second-order valence-electron chi connectivity index (χ2n) is 3.45. The van der Waals surface area contributed by atoms with E-state index in [2.05, 4.69) is 33.2 Å². The molecule has 4 heteroatoms. The molecular weight excluding hydrogens is 232 g/mol. The van der Waals surface area contributed by atoms with Crippen molar-refractivity contribution in [3.05, 3.63) is 22.8 Å². The van der Waals surface area contributed by atoms with E-state index in [1.807, 2.05) is 18.2 Å². The molecule has 13 heavy (non-hydrogen) atoms. The summed E-state index contributed by atoms with van der Waals surface area (Å²) in [6, 6.07) is 5.67. The topological polar surface area (TPSA) is 34.1 Å². The Labute approximate surface area is 85.6 Å². The van der Waals surface area contributed by atoms with Crippen molar-refractivity contribution < 1.29 is 4.74 Å². The van der Waals surface area contributed by atoms with E-state index in [-0.39, 0.29) is 5.60 Å². The van der Waals surface area contributed by atoms with Gasteiger partial charge in [-0.15, -0.1) is 0 Å². The van der Waals surface area contributed by atoms with E-state index >= 15 is 0 Å². The molecule has 1 N–H and O–H groups in total. The fraction of sp³-hybridized carbons (Fsp3) is 0.444. The van der Waals surface area contributed by atoms with E-state index in [0.29, 0.717) is 5.88 Å². The fourth-order valence-electron chi connectivity index (χ4n) is 1.25. The standard InChI is InChI=1S/C9H11BrN2O/c1-9(5-11-6-9)13-8-4-2-3-7(10)12-8/h2-4,11H,5-6H2,1H3. The van der Waals surface area contributed by atoms with E-state index in [4.69, 9.17) is 4.74 Å². The highest BCUT2D eigenvalue weighted by molar-refractivity contribution is 9.10. The quantitative estimate of drug-likeness (QED) is 0.801. The Kier molecular flexibility index (Phi) is 2.26. The van der Waals surface area contributed by atoms with Crippen LogP contribution in [0.3, 0.4) is 0 Å². The SMILES string of the molecule is CC1(Oc2cccc(Br)n2)CNC1. The first-order chi connectivity index (χ1) is 6.18. The summed E-state index contributed by atoms with van der Waals surface area (Å²) < 4.78 is 6.52. The molecule has 1 aliphatic rings. The molecule has 3 nitrogen and oxygen atoms in total. The molecule has 1 saturated heterocycles. The minimum Gasteiger partial charge on any atom is -0.469 e. The van der Waals surface area contributed by atoms with Crippen molar-refractivity contribution in [3.63, 3.8) is 0 Å². The van der Waals surface area contributed by atoms with Gasteiger partial charge in [-0.05, 0) is 28.9 Å². The third-order valence-electron chi connectivity index (χ3n) is 2.04. The number of hydrogen-bond acceptors (Lipinski definition) is 3. The van der Waals surface area contributed by atoms with E-state index in [1.54, 1.807) is 0 Å². The summed E-state index contributed by atoms with van der Waals surface area (Å²) in [6.45, 7) is 3.86. The van der Waals surface area contributed by atoms with Crippen LogP contribution in [0.4, 0.5) is 0 Å². The molecule has 0 amide bonds. The third kappa shape index (κ3) is 2.00. The van der Waals surface area contributed by atoms with Gasteiger partial charge in [0, 0.05) is 19.2 Å². The van der Waals surface area contributed by atoms with Crippen molar-refractivity contribution in [1.82, 2.24) is 10.3 Å². The van der Waals surface area contributed by atoms with E-state index in [0.717, 1.165) is 17.7 Å². The average Bonchev–Trinajstić information content (AvgIpc) is 2.01. The molecule has 0 bridgehead atoms. The number of pyridine rings is 1. The van der Waals surface area contributed by atoms with Crippen molar-refractivity contribution in [2.45, 2.75) is 12.5 Å². The van der Waals surface area contributed by atoms with Crippen molar-refractivity contribution >= 4 is 15.9 Å². The lowest BCUT2D eigenvalue weighted by atomic mass is 10.0. The van der Waals surface area contributed by atoms with Gasteiger partial charge in [-0.3, -0.25) is 0 Å².